The van der Waals surface area contributed by atoms with Gasteiger partial charge in [0, 0.05) is 44.2 Å². The summed E-state index contributed by atoms with van der Waals surface area (Å²) in [6.45, 7) is 19.2. The fourth-order valence-electron chi connectivity index (χ4n) is 10.1. The number of hydrogen-bond donors (Lipinski definition) is 4. The molecule has 0 radical (unpaired) electrons. The summed E-state index contributed by atoms with van der Waals surface area (Å²) in [6.07, 6.45) is -8.12. The first kappa shape index (κ1) is 55.6. The molecule has 3 fully saturated rings. The lowest BCUT2D eigenvalue weighted by molar-refractivity contribution is -0.318. The van der Waals surface area contributed by atoms with Gasteiger partial charge in [0.15, 0.2) is 18.7 Å². The lowest BCUT2D eigenvalue weighted by atomic mass is 9.73. The number of benzene rings is 1. The Kier molecular flexibility index (Phi) is 20.3. The minimum atomic E-state index is -1.97. The maximum atomic E-state index is 14.5. The molecule has 0 spiro atoms. The summed E-state index contributed by atoms with van der Waals surface area (Å²) in [6, 6.07) is 9.17. The maximum Gasteiger partial charge on any atom is 0.311 e. The molecule has 0 aliphatic carbocycles. The van der Waals surface area contributed by atoms with Gasteiger partial charge in [0.1, 0.15) is 35.8 Å². The fraction of sp³-hybridized carbons (Fsp3) is 0.816. The van der Waals surface area contributed by atoms with Crippen LogP contribution in [0.5, 0.6) is 5.75 Å². The van der Waals surface area contributed by atoms with Crippen LogP contribution in [-0.4, -0.2) is 162 Å². The maximum absolute atomic E-state index is 14.5. The highest BCUT2D eigenvalue weighted by Gasteiger charge is 2.54. The number of cyclic esters (lactones) is 1. The third-order valence-electron chi connectivity index (χ3n) is 13.9. The summed E-state index contributed by atoms with van der Waals surface area (Å²) < 4.78 is 49.9. The summed E-state index contributed by atoms with van der Waals surface area (Å²) in [4.78, 5) is 34.5. The number of nitrogens with zero attached hydrogens (tertiary/aromatic N) is 2. The van der Waals surface area contributed by atoms with Gasteiger partial charge < -0.3 is 68.1 Å². The fourth-order valence-corrected chi connectivity index (χ4v) is 10.1. The van der Waals surface area contributed by atoms with Crippen molar-refractivity contribution in [3.05, 3.63) is 30.3 Å². The average molecular weight is 939 g/mol. The highest BCUT2D eigenvalue weighted by molar-refractivity contribution is 5.88. The van der Waals surface area contributed by atoms with E-state index in [0.717, 1.165) is 5.75 Å². The molecule has 0 aromatic heterocycles. The number of carbonyl (C=O) groups excluding carboxylic acids is 2. The Morgan fingerprint density at radius 1 is 0.909 bits per heavy atom. The van der Waals surface area contributed by atoms with E-state index < -0.39 is 108 Å². The molecule has 0 bridgehead atoms. The van der Waals surface area contributed by atoms with Crippen LogP contribution in [0.4, 0.5) is 0 Å². The second-order valence-electron chi connectivity index (χ2n) is 19.9. The van der Waals surface area contributed by atoms with Crippen LogP contribution in [-0.2, 0) is 47.6 Å². The van der Waals surface area contributed by atoms with E-state index in [2.05, 4.69) is 5.16 Å². The molecule has 66 heavy (non-hydrogen) atoms. The first-order valence-corrected chi connectivity index (χ1v) is 23.8. The number of ether oxygens (including phenoxy) is 8. The standard InChI is InChI=1S/C49H82N2O15/c1-15-37-49(11,57)42(54)30(4)39(50-60-24-20-19-23-59-35-21-17-16-18-22-35)28(2)26-47(9,56)43(66-46-40(53)36(51(12)13)25-29(3)61-46)31(5)41(32(6)45(55)64-37)65-38-27-48(10,58-14)44(33(7)62-38)63-34(8)52/h16-18,21-22,28-33,36-38,40-44,46,53-54,56-57H,15,19-20,23-27H2,1-14H3/b50-39+/t28-,29-,30+,31+,32-,33+,36+,37-,38+,40-,41+,42-,43-,44+,46+,47?,48-,49-/m1/s1. The Balaban J connectivity index is 1.78. The molecule has 1 unspecified atom stereocenters. The molecule has 0 saturated carbocycles. The minimum Gasteiger partial charge on any atom is -0.494 e. The second kappa shape index (κ2) is 24.0. The number of esters is 2. The van der Waals surface area contributed by atoms with Crippen molar-refractivity contribution in [2.75, 3.05) is 34.4 Å². The van der Waals surface area contributed by atoms with Crippen LogP contribution in [0.1, 0.15) is 115 Å². The van der Waals surface area contributed by atoms with Gasteiger partial charge in [0.2, 0.25) is 0 Å². The molecule has 17 heteroatoms. The summed E-state index contributed by atoms with van der Waals surface area (Å²) in [5.74, 6) is -3.89. The van der Waals surface area contributed by atoms with Crippen LogP contribution in [0, 0.1) is 23.7 Å². The Morgan fingerprint density at radius 3 is 2.17 bits per heavy atom. The van der Waals surface area contributed by atoms with Crippen molar-refractivity contribution in [3.8, 4) is 5.75 Å². The van der Waals surface area contributed by atoms with E-state index >= 15 is 0 Å². The highest BCUT2D eigenvalue weighted by Crippen LogP contribution is 2.41. The van der Waals surface area contributed by atoms with Crippen molar-refractivity contribution >= 4 is 17.7 Å². The van der Waals surface area contributed by atoms with Gasteiger partial charge >= 0.3 is 11.9 Å². The Labute approximate surface area is 392 Å². The third-order valence-corrected chi connectivity index (χ3v) is 13.9. The van der Waals surface area contributed by atoms with Crippen molar-refractivity contribution in [2.45, 2.75) is 199 Å². The number of methoxy groups -OCH3 is 1. The number of para-hydroxylation sites is 1. The monoisotopic (exact) mass is 939 g/mol. The largest absolute Gasteiger partial charge is 0.494 e. The zero-order chi connectivity index (χ0) is 49.3. The van der Waals surface area contributed by atoms with Crippen LogP contribution in [0.15, 0.2) is 35.5 Å². The number of carbonyl (C=O) groups is 2. The lowest BCUT2D eigenvalue weighted by Gasteiger charge is -2.49. The Morgan fingerprint density at radius 2 is 1.56 bits per heavy atom. The van der Waals surface area contributed by atoms with Gasteiger partial charge in [-0.3, -0.25) is 9.59 Å². The zero-order valence-corrected chi connectivity index (χ0v) is 41.9. The molecule has 4 N–H and O–H groups in total. The number of aliphatic hydroxyl groups excluding tert-OH is 2. The highest BCUT2D eigenvalue weighted by atomic mass is 16.7. The molecular formula is C49H82N2O15. The Bertz CT molecular complexity index is 1700. The second-order valence-corrected chi connectivity index (χ2v) is 19.9. The number of hydrogen-bond acceptors (Lipinski definition) is 17. The van der Waals surface area contributed by atoms with E-state index in [1.807, 2.05) is 63.2 Å². The van der Waals surface area contributed by atoms with Crippen molar-refractivity contribution in [3.63, 3.8) is 0 Å². The quantitative estimate of drug-likeness (QED) is 0.103. The van der Waals surface area contributed by atoms with Crippen molar-refractivity contribution in [1.29, 1.82) is 0 Å². The number of aliphatic hydroxyl groups is 4. The minimum absolute atomic E-state index is 0.0185. The van der Waals surface area contributed by atoms with Crippen molar-refractivity contribution in [2.24, 2.45) is 28.8 Å². The molecule has 18 atom stereocenters. The van der Waals surface area contributed by atoms with Gasteiger partial charge in [-0.2, -0.15) is 0 Å². The first-order valence-electron chi connectivity index (χ1n) is 23.8. The van der Waals surface area contributed by atoms with Crippen molar-refractivity contribution < 1.29 is 72.7 Å². The smallest absolute Gasteiger partial charge is 0.311 e. The number of unbranched alkanes of at least 4 members (excludes halogenated alkanes) is 1. The van der Waals surface area contributed by atoms with E-state index in [0.29, 0.717) is 31.6 Å². The van der Waals surface area contributed by atoms with Crippen LogP contribution in [0.2, 0.25) is 0 Å². The van der Waals surface area contributed by atoms with E-state index in [-0.39, 0.29) is 38.0 Å². The van der Waals surface area contributed by atoms with Gasteiger partial charge in [0.25, 0.3) is 0 Å². The summed E-state index contributed by atoms with van der Waals surface area (Å²) in [7, 11) is 5.24. The molecule has 1 aromatic rings. The van der Waals surface area contributed by atoms with Gasteiger partial charge in [0.05, 0.1) is 54.4 Å². The normalized spacial score (nSPS) is 41.5. The predicted molar refractivity (Wildman–Crippen MR) is 245 cm³/mol. The predicted octanol–water partition coefficient (Wildman–Crippen LogP) is 5.02. The van der Waals surface area contributed by atoms with Gasteiger partial charge in [-0.25, -0.2) is 0 Å². The molecule has 4 rings (SSSR count). The summed E-state index contributed by atoms with van der Waals surface area (Å²) in [5.41, 5.74) is -4.46. The molecule has 3 heterocycles. The van der Waals surface area contributed by atoms with Crippen LogP contribution in [0.25, 0.3) is 0 Å². The molecule has 3 aliphatic heterocycles. The van der Waals surface area contributed by atoms with Crippen LogP contribution in [0.3, 0.4) is 0 Å². The zero-order valence-electron chi connectivity index (χ0n) is 41.9. The third kappa shape index (κ3) is 13.8. The topological polar surface area (TPSA) is 214 Å². The van der Waals surface area contributed by atoms with E-state index in [1.165, 1.54) is 21.0 Å². The molecule has 3 saturated heterocycles. The van der Waals surface area contributed by atoms with Gasteiger partial charge in [-0.05, 0) is 99.9 Å². The average Bonchev–Trinajstić information content (AvgIpc) is 3.25. The van der Waals surface area contributed by atoms with Gasteiger partial charge in [-0.1, -0.05) is 51.0 Å². The number of likely N-dealkylation sites (N-methyl/N-ethyl adjacent to an activating group) is 1. The van der Waals surface area contributed by atoms with E-state index in [1.54, 1.807) is 48.5 Å². The molecular weight excluding hydrogens is 857 g/mol. The number of rotatable bonds is 15. The summed E-state index contributed by atoms with van der Waals surface area (Å²) in [5, 5.41) is 53.4. The van der Waals surface area contributed by atoms with Crippen molar-refractivity contribution in [1.82, 2.24) is 4.90 Å². The molecule has 17 nitrogen and oxygen atoms in total. The Hall–Kier alpha value is -2.97. The van der Waals surface area contributed by atoms with Crippen LogP contribution < -0.4 is 4.74 Å². The molecule has 378 valence electrons. The number of oxime groups is 1. The van der Waals surface area contributed by atoms with Crippen LogP contribution >= 0.6 is 0 Å². The summed E-state index contributed by atoms with van der Waals surface area (Å²) >= 11 is 0. The SMILES string of the molecule is CC[C@H]1OC(=O)[C@H](C)[C@@H](O[C@H]2C[C@@](C)(OC)[C@@H](OC(C)=O)[C@H](C)O2)[C@H](C)[C@@H](O[C@@H]2O[C@H](C)C[C@H](N(C)C)[C@H]2O)C(C)(O)C[C@@H](C)/C(=N\OCCCCOc2ccccc2)[C@H](C)[C@@H](O)[C@]1(C)O. The first-order chi connectivity index (χ1) is 30.9. The molecule has 3 aliphatic rings. The molecule has 0 amide bonds. The lowest BCUT2D eigenvalue weighted by Crippen LogP contribution is -2.61. The van der Waals surface area contributed by atoms with Gasteiger partial charge in [-0.15, -0.1) is 0 Å². The van der Waals surface area contributed by atoms with E-state index in [4.69, 9.17) is 42.7 Å². The van der Waals surface area contributed by atoms with E-state index in [9.17, 15) is 30.0 Å². The molecule has 1 aromatic carbocycles.